The molecule has 1 aliphatic heterocycles. The monoisotopic (exact) mass is 392 g/mol. The number of rotatable bonds is 5. The molecule has 0 spiro atoms. The highest BCUT2D eigenvalue weighted by Gasteiger charge is 2.22. The van der Waals surface area contributed by atoms with Crippen molar-refractivity contribution in [2.24, 2.45) is 0 Å². The summed E-state index contributed by atoms with van der Waals surface area (Å²) >= 11 is 1.64. The molecule has 0 radical (unpaired) electrons. The molecule has 6 heteroatoms. The third-order valence-electron chi connectivity index (χ3n) is 5.17. The second-order valence-corrected chi connectivity index (χ2v) is 7.98. The molecule has 4 rings (SSSR count). The molecule has 1 aliphatic rings. The molecule has 3 aromatic rings. The predicted octanol–water partition coefficient (Wildman–Crippen LogP) is 3.66. The summed E-state index contributed by atoms with van der Waals surface area (Å²) in [6.07, 6.45) is 1.54. The first-order chi connectivity index (χ1) is 13.7. The number of carbonyl (C=O) groups excluding carboxylic acids is 1. The highest BCUT2D eigenvalue weighted by Crippen LogP contribution is 2.20. The van der Waals surface area contributed by atoms with Crippen LogP contribution in [0.4, 0.5) is 5.82 Å². The van der Waals surface area contributed by atoms with E-state index in [4.69, 9.17) is 0 Å². The Kier molecular flexibility index (Phi) is 5.67. The van der Waals surface area contributed by atoms with Crippen molar-refractivity contribution in [2.45, 2.75) is 19.8 Å². The molecule has 0 aliphatic carbocycles. The van der Waals surface area contributed by atoms with Crippen molar-refractivity contribution < 1.29 is 4.79 Å². The Labute approximate surface area is 169 Å². The average molecular weight is 393 g/mol. The third kappa shape index (κ3) is 4.22. The molecule has 1 fully saturated rings. The molecule has 1 saturated heterocycles. The minimum atomic E-state index is 0.207. The number of anilines is 1. The number of benzene rings is 1. The van der Waals surface area contributed by atoms with Crippen LogP contribution in [0.25, 0.3) is 11.3 Å². The number of nitrogens with zero attached hydrogens (tertiary/aromatic N) is 4. The van der Waals surface area contributed by atoms with Crippen LogP contribution < -0.4 is 4.90 Å². The molecule has 1 amide bonds. The van der Waals surface area contributed by atoms with Gasteiger partial charge >= 0.3 is 0 Å². The lowest BCUT2D eigenvalue weighted by atomic mass is 10.1. The van der Waals surface area contributed by atoms with Gasteiger partial charge in [0.25, 0.3) is 0 Å². The van der Waals surface area contributed by atoms with E-state index in [-0.39, 0.29) is 5.91 Å². The number of aryl methyl sites for hydroxylation is 1. The summed E-state index contributed by atoms with van der Waals surface area (Å²) in [6.45, 7) is 5.18. The zero-order valence-electron chi connectivity index (χ0n) is 16.0. The molecule has 0 N–H and O–H groups in total. The summed E-state index contributed by atoms with van der Waals surface area (Å²) in [6, 6.07) is 16.5. The molecule has 28 heavy (non-hydrogen) atoms. The number of carbonyl (C=O) groups is 1. The van der Waals surface area contributed by atoms with Gasteiger partial charge in [0, 0.05) is 36.6 Å². The van der Waals surface area contributed by atoms with Gasteiger partial charge in [-0.2, -0.15) is 0 Å². The lowest BCUT2D eigenvalue weighted by Gasteiger charge is -2.35. The molecule has 3 heterocycles. The van der Waals surface area contributed by atoms with Crippen LogP contribution >= 0.6 is 11.3 Å². The minimum absolute atomic E-state index is 0.207. The normalized spacial score (nSPS) is 14.3. The summed E-state index contributed by atoms with van der Waals surface area (Å²) < 4.78 is 0. The smallest absolute Gasteiger partial charge is 0.227 e. The van der Waals surface area contributed by atoms with Gasteiger partial charge in [0.1, 0.15) is 0 Å². The van der Waals surface area contributed by atoms with E-state index in [9.17, 15) is 4.79 Å². The Hall–Kier alpha value is -2.73. The Balaban J connectivity index is 1.34. The standard InChI is InChI=1S/C22H24N4OS/c1-2-17-5-7-18(8-6-17)20-9-10-21(24-23-20)25-11-13-26(14-12-25)22(27)16-19-4-3-15-28-19/h3-10,15H,2,11-14,16H2,1H3. The fourth-order valence-electron chi connectivity index (χ4n) is 3.42. The van der Waals surface area contributed by atoms with Crippen LogP contribution in [0.3, 0.4) is 0 Å². The maximum absolute atomic E-state index is 12.4. The zero-order chi connectivity index (χ0) is 19.3. The maximum atomic E-state index is 12.4. The predicted molar refractivity (Wildman–Crippen MR) is 114 cm³/mol. The largest absolute Gasteiger partial charge is 0.352 e. The maximum Gasteiger partial charge on any atom is 0.227 e. The molecule has 5 nitrogen and oxygen atoms in total. The lowest BCUT2D eigenvalue weighted by Crippen LogP contribution is -2.49. The number of thiophene rings is 1. The van der Waals surface area contributed by atoms with E-state index >= 15 is 0 Å². The number of hydrogen-bond donors (Lipinski definition) is 0. The second-order valence-electron chi connectivity index (χ2n) is 6.95. The summed E-state index contributed by atoms with van der Waals surface area (Å²) in [7, 11) is 0. The van der Waals surface area contributed by atoms with Gasteiger partial charge in [0.2, 0.25) is 5.91 Å². The van der Waals surface area contributed by atoms with Crippen LogP contribution in [0.1, 0.15) is 17.4 Å². The number of amides is 1. The van der Waals surface area contributed by atoms with E-state index in [1.165, 1.54) is 5.56 Å². The molecular weight excluding hydrogens is 368 g/mol. The number of hydrogen-bond acceptors (Lipinski definition) is 5. The Morgan fingerprint density at radius 3 is 2.39 bits per heavy atom. The average Bonchev–Trinajstić information content (AvgIpc) is 3.27. The third-order valence-corrected chi connectivity index (χ3v) is 6.05. The van der Waals surface area contributed by atoms with Crippen LogP contribution in [0.5, 0.6) is 0 Å². The van der Waals surface area contributed by atoms with Crippen molar-refractivity contribution in [3.8, 4) is 11.3 Å². The van der Waals surface area contributed by atoms with Crippen LogP contribution in [-0.4, -0.2) is 47.2 Å². The number of piperazine rings is 1. The summed E-state index contributed by atoms with van der Waals surface area (Å²) in [5.74, 6) is 1.08. The first-order valence-corrected chi connectivity index (χ1v) is 10.6. The van der Waals surface area contributed by atoms with Gasteiger partial charge in [0.15, 0.2) is 5.82 Å². The molecule has 144 valence electrons. The van der Waals surface area contributed by atoms with Crippen LogP contribution in [-0.2, 0) is 17.6 Å². The molecule has 0 bridgehead atoms. The van der Waals surface area contributed by atoms with E-state index in [1.54, 1.807) is 11.3 Å². The topological polar surface area (TPSA) is 49.3 Å². The van der Waals surface area contributed by atoms with Gasteiger partial charge in [-0.25, -0.2) is 0 Å². The van der Waals surface area contributed by atoms with E-state index < -0.39 is 0 Å². The van der Waals surface area contributed by atoms with Gasteiger partial charge in [-0.3, -0.25) is 4.79 Å². The molecule has 0 atom stereocenters. The quantitative estimate of drug-likeness (QED) is 0.665. The van der Waals surface area contributed by atoms with Crippen molar-refractivity contribution in [3.05, 3.63) is 64.4 Å². The highest BCUT2D eigenvalue weighted by molar-refractivity contribution is 7.10. The zero-order valence-corrected chi connectivity index (χ0v) is 16.9. The van der Waals surface area contributed by atoms with Crippen LogP contribution in [0.15, 0.2) is 53.9 Å². The van der Waals surface area contributed by atoms with Crippen molar-refractivity contribution in [1.82, 2.24) is 15.1 Å². The Morgan fingerprint density at radius 1 is 1.00 bits per heavy atom. The van der Waals surface area contributed by atoms with Crippen LogP contribution in [0.2, 0.25) is 0 Å². The summed E-state index contributed by atoms with van der Waals surface area (Å²) in [4.78, 5) is 17.7. The SMILES string of the molecule is CCc1ccc(-c2ccc(N3CCN(C(=O)Cc4cccs4)CC3)nn2)cc1. The number of aromatic nitrogens is 2. The molecule has 0 unspecified atom stereocenters. The highest BCUT2D eigenvalue weighted by atomic mass is 32.1. The lowest BCUT2D eigenvalue weighted by molar-refractivity contribution is -0.130. The van der Waals surface area contributed by atoms with E-state index in [1.807, 2.05) is 34.5 Å². The Morgan fingerprint density at radius 2 is 1.79 bits per heavy atom. The molecule has 0 saturated carbocycles. The second kappa shape index (κ2) is 8.52. The van der Waals surface area contributed by atoms with Gasteiger partial charge in [0.05, 0.1) is 12.1 Å². The first kappa shape index (κ1) is 18.6. The van der Waals surface area contributed by atoms with Crippen molar-refractivity contribution >= 4 is 23.1 Å². The van der Waals surface area contributed by atoms with E-state index in [2.05, 4.69) is 46.3 Å². The van der Waals surface area contributed by atoms with E-state index in [0.29, 0.717) is 6.42 Å². The van der Waals surface area contributed by atoms with Crippen molar-refractivity contribution in [1.29, 1.82) is 0 Å². The van der Waals surface area contributed by atoms with Gasteiger partial charge < -0.3 is 9.80 Å². The van der Waals surface area contributed by atoms with Gasteiger partial charge in [-0.1, -0.05) is 37.3 Å². The first-order valence-electron chi connectivity index (χ1n) is 9.71. The molecular formula is C22H24N4OS. The van der Waals surface area contributed by atoms with Crippen molar-refractivity contribution in [2.75, 3.05) is 31.1 Å². The minimum Gasteiger partial charge on any atom is -0.352 e. The Bertz CT molecular complexity index is 899. The van der Waals surface area contributed by atoms with Crippen LogP contribution in [0, 0.1) is 0 Å². The molecule has 1 aromatic carbocycles. The molecule has 2 aromatic heterocycles. The summed E-state index contributed by atoms with van der Waals surface area (Å²) in [5.41, 5.74) is 3.29. The summed E-state index contributed by atoms with van der Waals surface area (Å²) in [5, 5.41) is 10.9. The van der Waals surface area contributed by atoms with Gasteiger partial charge in [-0.15, -0.1) is 21.5 Å². The fraction of sp³-hybridized carbons (Fsp3) is 0.318. The van der Waals surface area contributed by atoms with Gasteiger partial charge in [-0.05, 0) is 35.6 Å². The van der Waals surface area contributed by atoms with E-state index in [0.717, 1.165) is 54.6 Å². The fourth-order valence-corrected chi connectivity index (χ4v) is 4.11. The van der Waals surface area contributed by atoms with Crippen molar-refractivity contribution in [3.63, 3.8) is 0 Å².